The van der Waals surface area contributed by atoms with Crippen LogP contribution in [0.15, 0.2) is 18.2 Å². The van der Waals surface area contributed by atoms with Crippen LogP contribution in [-0.4, -0.2) is 36.9 Å². The molecule has 0 fully saturated rings. The molecule has 18 heavy (non-hydrogen) atoms. The van der Waals surface area contributed by atoms with Gasteiger partial charge in [-0.05, 0) is 17.7 Å². The smallest absolute Gasteiger partial charge is 0.137 e. The summed E-state index contributed by atoms with van der Waals surface area (Å²) in [4.78, 5) is 2.19. The van der Waals surface area contributed by atoms with Gasteiger partial charge in [-0.15, -0.1) is 23.2 Å². The van der Waals surface area contributed by atoms with E-state index in [1.165, 1.54) is 0 Å². The maximum absolute atomic E-state index is 6.07. The van der Waals surface area contributed by atoms with Crippen molar-refractivity contribution >= 4 is 34.8 Å². The van der Waals surface area contributed by atoms with Crippen molar-refractivity contribution in [3.8, 4) is 5.75 Å². The zero-order valence-electron chi connectivity index (χ0n) is 10.1. The highest BCUT2D eigenvalue weighted by Crippen LogP contribution is 2.25. The molecule has 1 aromatic carbocycles. The van der Waals surface area contributed by atoms with Crippen LogP contribution in [0.2, 0.25) is 5.02 Å². The molecular weight excluding hydrogens is 316 g/mol. The van der Waals surface area contributed by atoms with Crippen molar-refractivity contribution in [1.29, 1.82) is 0 Å². The maximum Gasteiger partial charge on any atom is 0.137 e. The Morgan fingerprint density at radius 3 is 2.22 bits per heavy atom. The minimum atomic E-state index is 0. The molecule has 0 atom stereocenters. The number of nitrogens with zero attached hydrogens (tertiary/aromatic N) is 1. The average Bonchev–Trinajstić information content (AvgIpc) is 2.30. The van der Waals surface area contributed by atoms with Crippen LogP contribution >= 0.6 is 34.8 Å². The van der Waals surface area contributed by atoms with Gasteiger partial charge in [0.1, 0.15) is 5.75 Å². The van der Waals surface area contributed by atoms with Crippen molar-refractivity contribution in [1.82, 2.24) is 4.90 Å². The van der Waals surface area contributed by atoms with E-state index in [0.29, 0.717) is 22.5 Å². The van der Waals surface area contributed by atoms with E-state index in [2.05, 4.69) is 4.90 Å². The molecule has 0 N–H and O–H groups in total. The lowest BCUT2D eigenvalue weighted by Crippen LogP contribution is -3.00. The van der Waals surface area contributed by atoms with Crippen LogP contribution in [0, 0.1) is 0 Å². The van der Waals surface area contributed by atoms with Crippen molar-refractivity contribution in [3.05, 3.63) is 28.8 Å². The van der Waals surface area contributed by atoms with Crippen LogP contribution in [-0.2, 0) is 6.54 Å². The Balaban J connectivity index is 0.00000289. The molecule has 0 aliphatic heterocycles. The number of methoxy groups -OCH3 is 1. The summed E-state index contributed by atoms with van der Waals surface area (Å²) in [6.07, 6.45) is 0. The summed E-state index contributed by atoms with van der Waals surface area (Å²) in [5, 5.41) is 0.627. The fraction of sp³-hybridized carbons (Fsp3) is 0.500. The zero-order valence-corrected chi connectivity index (χ0v) is 13.2. The topological polar surface area (TPSA) is 12.5 Å². The van der Waals surface area contributed by atoms with Gasteiger partial charge in [-0.25, -0.2) is 0 Å². The molecule has 1 aromatic rings. The largest absolute Gasteiger partial charge is 1.00 e. The zero-order chi connectivity index (χ0) is 12.7. The minimum absolute atomic E-state index is 0. The predicted octanol–water partition coefficient (Wildman–Crippen LogP) is 0.632. The van der Waals surface area contributed by atoms with Crippen LogP contribution in [0.1, 0.15) is 5.56 Å². The average molecular weight is 332 g/mol. The van der Waals surface area contributed by atoms with Gasteiger partial charge in [-0.3, -0.25) is 4.90 Å². The summed E-state index contributed by atoms with van der Waals surface area (Å²) in [6, 6.07) is 5.78. The summed E-state index contributed by atoms with van der Waals surface area (Å²) >= 11 is 17.6. The van der Waals surface area contributed by atoms with Crippen LogP contribution in [0.4, 0.5) is 0 Å². The molecule has 0 amide bonds. The van der Waals surface area contributed by atoms with Gasteiger partial charge in [-0.2, -0.15) is 0 Å². The first-order valence-corrected chi connectivity index (χ1v) is 6.82. The van der Waals surface area contributed by atoms with Crippen molar-refractivity contribution in [2.24, 2.45) is 0 Å². The highest BCUT2D eigenvalue weighted by atomic mass is 35.5. The first-order chi connectivity index (χ1) is 8.21. The van der Waals surface area contributed by atoms with E-state index < -0.39 is 0 Å². The van der Waals surface area contributed by atoms with E-state index in [1.54, 1.807) is 7.11 Å². The van der Waals surface area contributed by atoms with Gasteiger partial charge in [0.15, 0.2) is 0 Å². The van der Waals surface area contributed by atoms with Crippen molar-refractivity contribution < 1.29 is 17.1 Å². The molecule has 0 spiro atoms. The van der Waals surface area contributed by atoms with Gasteiger partial charge in [-0.1, -0.05) is 17.7 Å². The fourth-order valence-corrected chi connectivity index (χ4v) is 2.33. The van der Waals surface area contributed by atoms with E-state index in [9.17, 15) is 0 Å². The van der Waals surface area contributed by atoms with Crippen LogP contribution in [0.25, 0.3) is 0 Å². The Labute approximate surface area is 130 Å². The van der Waals surface area contributed by atoms with E-state index in [0.717, 1.165) is 25.2 Å². The molecule has 0 aliphatic rings. The second kappa shape index (κ2) is 9.99. The highest BCUT2D eigenvalue weighted by molar-refractivity contribution is 6.32. The van der Waals surface area contributed by atoms with Crippen molar-refractivity contribution in [2.75, 3.05) is 32.0 Å². The predicted molar refractivity (Wildman–Crippen MR) is 74.7 cm³/mol. The number of halogens is 4. The molecule has 0 heterocycles. The molecule has 104 valence electrons. The lowest BCUT2D eigenvalue weighted by atomic mass is 10.2. The van der Waals surface area contributed by atoms with Gasteiger partial charge in [0.25, 0.3) is 0 Å². The maximum atomic E-state index is 6.07. The number of alkyl halides is 2. The first-order valence-electron chi connectivity index (χ1n) is 5.38. The summed E-state index contributed by atoms with van der Waals surface area (Å²) in [7, 11) is 1.61. The molecular formula is C12H16Cl4NO-. The number of hydrogen-bond donors (Lipinski definition) is 0. The van der Waals surface area contributed by atoms with Crippen LogP contribution in [0.3, 0.4) is 0 Å². The molecule has 2 nitrogen and oxygen atoms in total. The number of rotatable bonds is 7. The van der Waals surface area contributed by atoms with Crippen LogP contribution < -0.4 is 17.1 Å². The molecule has 0 aromatic heterocycles. The standard InChI is InChI=1S/C12H16Cl3NO.ClH/c1-17-12-3-2-10(8-11(12)15)9-16(6-4-13)7-5-14;/h2-3,8H,4-7,9H2,1H3;1H/p-1. The van der Waals surface area contributed by atoms with E-state index in [-0.39, 0.29) is 12.4 Å². The lowest BCUT2D eigenvalue weighted by Gasteiger charge is -2.20. The van der Waals surface area contributed by atoms with Crippen molar-refractivity contribution in [2.45, 2.75) is 6.54 Å². The molecule has 6 heteroatoms. The fourth-order valence-electron chi connectivity index (χ4n) is 1.58. The quantitative estimate of drug-likeness (QED) is 0.680. The lowest BCUT2D eigenvalue weighted by molar-refractivity contribution is -0.00000360. The van der Waals surface area contributed by atoms with Crippen molar-refractivity contribution in [3.63, 3.8) is 0 Å². The Hall–Kier alpha value is 0.140. The molecule has 0 saturated heterocycles. The second-order valence-corrected chi connectivity index (χ2v) is 4.79. The third-order valence-corrected chi connectivity index (χ3v) is 3.06. The monoisotopic (exact) mass is 330 g/mol. The van der Waals surface area contributed by atoms with Gasteiger partial charge in [0.05, 0.1) is 12.1 Å². The third kappa shape index (κ3) is 5.85. The highest BCUT2D eigenvalue weighted by Gasteiger charge is 2.07. The van der Waals surface area contributed by atoms with Gasteiger partial charge < -0.3 is 17.1 Å². The normalized spacial score (nSPS) is 10.3. The summed E-state index contributed by atoms with van der Waals surface area (Å²) in [6.45, 7) is 2.43. The van der Waals surface area contributed by atoms with Crippen LogP contribution in [0.5, 0.6) is 5.75 Å². The molecule has 0 unspecified atom stereocenters. The Morgan fingerprint density at radius 1 is 1.17 bits per heavy atom. The Kier molecular flexibility index (Phi) is 10.1. The summed E-state index contributed by atoms with van der Waals surface area (Å²) in [5.74, 6) is 1.89. The van der Waals surface area contributed by atoms with Gasteiger partial charge in [0.2, 0.25) is 0 Å². The molecule has 0 saturated carbocycles. The van der Waals surface area contributed by atoms with E-state index in [4.69, 9.17) is 39.5 Å². The van der Waals surface area contributed by atoms with Gasteiger partial charge in [0, 0.05) is 31.4 Å². The molecule has 1 rings (SSSR count). The minimum Gasteiger partial charge on any atom is -1.00 e. The SMILES string of the molecule is COc1ccc(CN(CCCl)CCCl)cc1Cl.[Cl-]. The third-order valence-electron chi connectivity index (χ3n) is 2.42. The summed E-state index contributed by atoms with van der Waals surface area (Å²) < 4.78 is 5.11. The van der Waals surface area contributed by atoms with Gasteiger partial charge >= 0.3 is 0 Å². The first kappa shape index (κ1) is 18.1. The van der Waals surface area contributed by atoms with E-state index >= 15 is 0 Å². The summed E-state index contributed by atoms with van der Waals surface area (Å²) in [5.41, 5.74) is 1.13. The number of benzene rings is 1. The number of hydrogen-bond acceptors (Lipinski definition) is 2. The molecule has 0 radical (unpaired) electrons. The Bertz CT molecular complexity index is 343. The second-order valence-electron chi connectivity index (χ2n) is 3.62. The Morgan fingerprint density at radius 2 is 1.78 bits per heavy atom. The molecule has 0 aliphatic carbocycles. The molecule has 0 bridgehead atoms. The van der Waals surface area contributed by atoms with E-state index in [1.807, 2.05) is 18.2 Å². The number of ether oxygens (including phenoxy) is 1.